The minimum Gasteiger partial charge on any atom is -0.451 e. The molecule has 2 fully saturated rings. The lowest BCUT2D eigenvalue weighted by molar-refractivity contribution is -0.161. The second-order valence-electron chi connectivity index (χ2n) is 6.84. The molecule has 9 heteroatoms. The van der Waals surface area contributed by atoms with E-state index in [0.29, 0.717) is 31.0 Å². The Kier molecular flexibility index (Phi) is 6.08. The molecule has 3 rings (SSSR count). The van der Waals surface area contributed by atoms with Gasteiger partial charge in [-0.3, -0.25) is 9.59 Å². The van der Waals surface area contributed by atoms with Gasteiger partial charge in [0.1, 0.15) is 6.04 Å². The second-order valence-corrected chi connectivity index (χ2v) is 9.17. The van der Waals surface area contributed by atoms with Gasteiger partial charge in [-0.25, -0.2) is 8.42 Å². The number of esters is 1. The van der Waals surface area contributed by atoms with Crippen LogP contribution < -0.4 is 0 Å². The third-order valence-electron chi connectivity index (χ3n) is 4.95. The lowest BCUT2D eigenvalue weighted by Crippen LogP contribution is -2.45. The fraction of sp³-hybridized carbons (Fsp3) is 0.556. The Morgan fingerprint density at radius 3 is 2.37 bits per heavy atom. The van der Waals surface area contributed by atoms with Gasteiger partial charge in [0.2, 0.25) is 10.0 Å². The van der Waals surface area contributed by atoms with Crippen molar-refractivity contribution >= 4 is 33.5 Å². The molecule has 27 heavy (non-hydrogen) atoms. The van der Waals surface area contributed by atoms with Crippen molar-refractivity contribution in [3.63, 3.8) is 0 Å². The lowest BCUT2D eigenvalue weighted by Gasteiger charge is -2.25. The van der Waals surface area contributed by atoms with E-state index in [1.165, 1.54) is 31.2 Å². The molecule has 2 aliphatic heterocycles. The third-order valence-corrected chi connectivity index (χ3v) is 7.13. The summed E-state index contributed by atoms with van der Waals surface area (Å²) in [5, 5.41) is 0.431. The van der Waals surface area contributed by atoms with E-state index in [2.05, 4.69) is 0 Å². The zero-order valence-electron chi connectivity index (χ0n) is 15.1. The normalized spacial score (nSPS) is 22.0. The molecule has 0 aliphatic carbocycles. The Balaban J connectivity index is 1.70. The smallest absolute Gasteiger partial charge is 0.325 e. The average molecular weight is 415 g/mol. The zero-order chi connectivity index (χ0) is 19.6. The molecule has 0 saturated carbocycles. The lowest BCUT2D eigenvalue weighted by atomic mass is 10.2. The van der Waals surface area contributed by atoms with E-state index >= 15 is 0 Å². The van der Waals surface area contributed by atoms with Gasteiger partial charge in [0.25, 0.3) is 5.91 Å². The number of carbonyl (C=O) groups is 2. The number of rotatable bonds is 5. The standard InChI is InChI=1S/C18H23ClN2O5S/c1-13(17(22)20-10-2-3-11-20)26-18(23)16-5-4-12-21(16)27(24,25)15-8-6-14(19)7-9-15/h6-9,13,16H,2-5,10-12H2,1H3/t13-,16-/m0/s1. The van der Waals surface area contributed by atoms with E-state index < -0.39 is 28.1 Å². The third kappa shape index (κ3) is 4.28. The minimum absolute atomic E-state index is 0.0767. The summed E-state index contributed by atoms with van der Waals surface area (Å²) in [6.07, 6.45) is 1.90. The first kappa shape index (κ1) is 20.1. The van der Waals surface area contributed by atoms with Crippen molar-refractivity contribution in [2.24, 2.45) is 0 Å². The number of nitrogens with zero attached hydrogens (tertiary/aromatic N) is 2. The molecule has 0 aromatic heterocycles. The highest BCUT2D eigenvalue weighted by molar-refractivity contribution is 7.89. The van der Waals surface area contributed by atoms with E-state index in [0.717, 1.165) is 17.1 Å². The van der Waals surface area contributed by atoms with Crippen molar-refractivity contribution in [1.82, 2.24) is 9.21 Å². The summed E-state index contributed by atoms with van der Waals surface area (Å²) < 4.78 is 32.3. The van der Waals surface area contributed by atoms with Gasteiger partial charge in [-0.2, -0.15) is 4.31 Å². The van der Waals surface area contributed by atoms with Crippen molar-refractivity contribution in [3.8, 4) is 0 Å². The van der Waals surface area contributed by atoms with Crippen molar-refractivity contribution in [1.29, 1.82) is 0 Å². The van der Waals surface area contributed by atoms with E-state index in [9.17, 15) is 18.0 Å². The van der Waals surface area contributed by atoms with Crippen LogP contribution in [0.25, 0.3) is 0 Å². The predicted molar refractivity (Wildman–Crippen MR) is 99.7 cm³/mol. The number of carbonyl (C=O) groups excluding carboxylic acids is 2. The van der Waals surface area contributed by atoms with Crippen LogP contribution in [-0.2, 0) is 24.3 Å². The van der Waals surface area contributed by atoms with Crippen LogP contribution in [0.15, 0.2) is 29.2 Å². The summed E-state index contributed by atoms with van der Waals surface area (Å²) >= 11 is 5.82. The maximum atomic E-state index is 12.9. The van der Waals surface area contributed by atoms with Crippen molar-refractivity contribution in [2.45, 2.75) is 49.6 Å². The number of halogens is 1. The molecule has 2 aliphatic rings. The van der Waals surface area contributed by atoms with Crippen LogP contribution in [0.1, 0.15) is 32.6 Å². The van der Waals surface area contributed by atoms with Gasteiger partial charge < -0.3 is 9.64 Å². The van der Waals surface area contributed by atoms with Gasteiger partial charge in [-0.1, -0.05) is 11.6 Å². The van der Waals surface area contributed by atoms with Crippen LogP contribution in [0.3, 0.4) is 0 Å². The molecule has 2 heterocycles. The number of hydrogen-bond donors (Lipinski definition) is 0. The Morgan fingerprint density at radius 1 is 1.11 bits per heavy atom. The summed E-state index contributed by atoms with van der Waals surface area (Å²) in [6, 6.07) is 4.90. The molecule has 2 saturated heterocycles. The van der Waals surface area contributed by atoms with Crippen LogP contribution in [-0.4, -0.2) is 61.3 Å². The SMILES string of the molecule is C[C@H](OC(=O)[C@@H]1CCCN1S(=O)(=O)c1ccc(Cl)cc1)C(=O)N1CCCC1. The van der Waals surface area contributed by atoms with Gasteiger partial charge in [-0.05, 0) is 56.9 Å². The van der Waals surface area contributed by atoms with Gasteiger partial charge in [-0.15, -0.1) is 0 Å². The number of amides is 1. The first-order chi connectivity index (χ1) is 12.8. The van der Waals surface area contributed by atoms with Gasteiger partial charge in [0, 0.05) is 24.7 Å². The summed E-state index contributed by atoms with van der Waals surface area (Å²) in [4.78, 5) is 26.7. The Labute approximate surface area is 164 Å². The van der Waals surface area contributed by atoms with Crippen LogP contribution in [0, 0.1) is 0 Å². The number of ether oxygens (including phenoxy) is 1. The van der Waals surface area contributed by atoms with Crippen LogP contribution >= 0.6 is 11.6 Å². The zero-order valence-corrected chi connectivity index (χ0v) is 16.7. The fourth-order valence-electron chi connectivity index (χ4n) is 3.50. The minimum atomic E-state index is -3.84. The van der Waals surface area contributed by atoms with Gasteiger partial charge >= 0.3 is 5.97 Å². The molecule has 148 valence electrons. The molecule has 1 aromatic carbocycles. The van der Waals surface area contributed by atoms with E-state index in [-0.39, 0.29) is 17.3 Å². The summed E-state index contributed by atoms with van der Waals surface area (Å²) in [7, 11) is -3.84. The Morgan fingerprint density at radius 2 is 1.74 bits per heavy atom. The maximum Gasteiger partial charge on any atom is 0.325 e. The predicted octanol–water partition coefficient (Wildman–Crippen LogP) is 2.05. The molecule has 1 amide bonds. The number of hydrogen-bond acceptors (Lipinski definition) is 5. The Hall–Kier alpha value is -1.64. The van der Waals surface area contributed by atoms with Crippen molar-refractivity contribution in [3.05, 3.63) is 29.3 Å². The van der Waals surface area contributed by atoms with E-state index in [1.54, 1.807) is 4.90 Å². The van der Waals surface area contributed by atoms with Crippen molar-refractivity contribution < 1.29 is 22.7 Å². The highest BCUT2D eigenvalue weighted by Crippen LogP contribution is 2.28. The largest absolute Gasteiger partial charge is 0.451 e. The molecule has 0 unspecified atom stereocenters. The molecule has 2 atom stereocenters. The van der Waals surface area contributed by atoms with Crippen molar-refractivity contribution in [2.75, 3.05) is 19.6 Å². The van der Waals surface area contributed by atoms with Gasteiger partial charge in [0.05, 0.1) is 4.90 Å². The summed E-state index contributed by atoms with van der Waals surface area (Å²) in [5.74, 6) is -0.906. The molecule has 0 N–H and O–H groups in total. The molecule has 7 nitrogen and oxygen atoms in total. The highest BCUT2D eigenvalue weighted by atomic mass is 35.5. The molecule has 0 radical (unpaired) electrons. The highest BCUT2D eigenvalue weighted by Gasteiger charge is 2.41. The van der Waals surface area contributed by atoms with Crippen LogP contribution in [0.2, 0.25) is 5.02 Å². The maximum absolute atomic E-state index is 12.9. The van der Waals surface area contributed by atoms with E-state index in [1.807, 2.05) is 0 Å². The van der Waals surface area contributed by atoms with Gasteiger partial charge in [0.15, 0.2) is 6.10 Å². The molecular formula is C18H23ClN2O5S. The Bertz CT molecular complexity index is 806. The number of sulfonamides is 1. The molecule has 1 aromatic rings. The monoisotopic (exact) mass is 414 g/mol. The molecule has 0 spiro atoms. The van der Waals surface area contributed by atoms with Crippen LogP contribution in [0.5, 0.6) is 0 Å². The first-order valence-electron chi connectivity index (χ1n) is 9.07. The first-order valence-corrected chi connectivity index (χ1v) is 10.9. The van der Waals surface area contributed by atoms with Crippen LogP contribution in [0.4, 0.5) is 0 Å². The number of benzene rings is 1. The van der Waals surface area contributed by atoms with E-state index in [4.69, 9.17) is 16.3 Å². The topological polar surface area (TPSA) is 84.0 Å². The summed E-state index contributed by atoms with van der Waals surface area (Å²) in [5.41, 5.74) is 0. The second kappa shape index (κ2) is 8.16. The molecule has 0 bridgehead atoms. The molecular weight excluding hydrogens is 392 g/mol. The fourth-order valence-corrected chi connectivity index (χ4v) is 5.28. The summed E-state index contributed by atoms with van der Waals surface area (Å²) in [6.45, 7) is 3.10. The quantitative estimate of drug-likeness (QED) is 0.688. The average Bonchev–Trinajstić information content (AvgIpc) is 3.33. The number of likely N-dealkylation sites (tertiary alicyclic amines) is 1.